The van der Waals surface area contributed by atoms with Gasteiger partial charge < -0.3 is 15.0 Å². The molecule has 0 spiro atoms. The maximum atomic E-state index is 12.5. The van der Waals surface area contributed by atoms with Crippen LogP contribution in [-0.2, 0) is 9.53 Å². The van der Waals surface area contributed by atoms with Gasteiger partial charge in [-0.1, -0.05) is 12.1 Å². The quantitative estimate of drug-likeness (QED) is 0.928. The van der Waals surface area contributed by atoms with Gasteiger partial charge in [0.05, 0.1) is 24.6 Å². The number of carbonyl (C=O) groups excluding carboxylic acids is 1. The average molecular weight is 286 g/mol. The molecular weight excluding hydrogens is 264 g/mol. The highest BCUT2D eigenvalue weighted by atomic mass is 16.5. The highest BCUT2D eigenvalue weighted by Gasteiger charge is 2.48. The molecule has 2 unspecified atom stereocenters. The van der Waals surface area contributed by atoms with E-state index in [1.54, 1.807) is 0 Å². The van der Waals surface area contributed by atoms with E-state index >= 15 is 0 Å². The van der Waals surface area contributed by atoms with Gasteiger partial charge in [0.1, 0.15) is 0 Å². The molecule has 2 saturated carbocycles. The van der Waals surface area contributed by atoms with Crippen LogP contribution in [-0.4, -0.2) is 32.2 Å². The number of fused-ring (bicyclic) bond motifs is 1. The largest absolute Gasteiger partial charge is 0.378 e. The number of anilines is 2. The molecule has 4 nitrogen and oxygen atoms in total. The first-order valence-corrected chi connectivity index (χ1v) is 8.04. The summed E-state index contributed by atoms with van der Waals surface area (Å²) in [5.74, 6) is 2.12. The second kappa shape index (κ2) is 5.34. The summed E-state index contributed by atoms with van der Waals surface area (Å²) in [6, 6.07) is 8.13. The standard InChI is InChI=1S/C17H22N2O2/c20-17(14-10-12-9-13(12)11-14)18-15-3-1-2-4-16(15)19-5-7-21-8-6-19/h1-4,12-14H,5-11H2,(H,18,20). The Kier molecular flexibility index (Phi) is 3.34. The molecule has 1 aliphatic heterocycles. The summed E-state index contributed by atoms with van der Waals surface area (Å²) in [7, 11) is 0. The van der Waals surface area contributed by atoms with Crippen molar-refractivity contribution in [1.29, 1.82) is 0 Å². The number of rotatable bonds is 3. The Labute approximate surface area is 125 Å². The van der Waals surface area contributed by atoms with Crippen molar-refractivity contribution in [3.05, 3.63) is 24.3 Å². The van der Waals surface area contributed by atoms with Gasteiger partial charge in [-0.3, -0.25) is 4.79 Å². The van der Waals surface area contributed by atoms with E-state index in [1.165, 1.54) is 6.42 Å². The number of para-hydroxylation sites is 2. The Hall–Kier alpha value is -1.55. The molecular formula is C17H22N2O2. The predicted molar refractivity (Wildman–Crippen MR) is 82.4 cm³/mol. The molecule has 3 fully saturated rings. The normalized spacial score (nSPS) is 30.9. The van der Waals surface area contributed by atoms with Gasteiger partial charge >= 0.3 is 0 Å². The Bertz CT molecular complexity index is 529. The minimum absolute atomic E-state index is 0.211. The lowest BCUT2D eigenvalue weighted by Crippen LogP contribution is -2.37. The smallest absolute Gasteiger partial charge is 0.227 e. The summed E-state index contributed by atoms with van der Waals surface area (Å²) < 4.78 is 5.41. The van der Waals surface area contributed by atoms with Crippen LogP contribution in [0.4, 0.5) is 11.4 Å². The van der Waals surface area contributed by atoms with Crippen LogP contribution >= 0.6 is 0 Å². The minimum Gasteiger partial charge on any atom is -0.378 e. The summed E-state index contributed by atoms with van der Waals surface area (Å²) in [4.78, 5) is 14.8. The lowest BCUT2D eigenvalue weighted by Gasteiger charge is -2.30. The number of nitrogens with zero attached hydrogens (tertiary/aromatic N) is 1. The van der Waals surface area contributed by atoms with Gasteiger partial charge in [0.15, 0.2) is 0 Å². The maximum absolute atomic E-state index is 12.5. The molecule has 1 amide bonds. The van der Waals surface area contributed by atoms with E-state index < -0.39 is 0 Å². The summed E-state index contributed by atoms with van der Waals surface area (Å²) >= 11 is 0. The van der Waals surface area contributed by atoms with Crippen LogP contribution in [0.25, 0.3) is 0 Å². The predicted octanol–water partition coefficient (Wildman–Crippen LogP) is 2.51. The highest BCUT2D eigenvalue weighted by Crippen LogP contribution is 2.54. The fourth-order valence-electron chi connectivity index (χ4n) is 3.82. The van der Waals surface area contributed by atoms with E-state index in [9.17, 15) is 4.79 Å². The first-order valence-electron chi connectivity index (χ1n) is 8.04. The van der Waals surface area contributed by atoms with Gasteiger partial charge in [-0.05, 0) is 43.2 Å². The van der Waals surface area contributed by atoms with Crippen LogP contribution in [0.5, 0.6) is 0 Å². The van der Waals surface area contributed by atoms with Crippen molar-refractivity contribution in [1.82, 2.24) is 0 Å². The number of benzene rings is 1. The van der Waals surface area contributed by atoms with Crippen molar-refractivity contribution in [2.45, 2.75) is 19.3 Å². The third kappa shape index (κ3) is 2.64. The molecule has 0 aromatic heterocycles. The fourth-order valence-corrected chi connectivity index (χ4v) is 3.82. The number of hydrogen-bond acceptors (Lipinski definition) is 3. The number of ether oxygens (including phenoxy) is 1. The van der Waals surface area contributed by atoms with Gasteiger partial charge in [-0.25, -0.2) is 0 Å². The summed E-state index contributed by atoms with van der Waals surface area (Å²) in [6.45, 7) is 3.30. The molecule has 1 saturated heterocycles. The van der Waals surface area contributed by atoms with Gasteiger partial charge in [-0.2, -0.15) is 0 Å². The topological polar surface area (TPSA) is 41.6 Å². The zero-order chi connectivity index (χ0) is 14.2. The highest BCUT2D eigenvalue weighted by molar-refractivity contribution is 5.96. The van der Waals surface area contributed by atoms with Crippen LogP contribution in [0, 0.1) is 17.8 Å². The zero-order valence-corrected chi connectivity index (χ0v) is 12.3. The molecule has 0 radical (unpaired) electrons. The SMILES string of the molecule is O=C(Nc1ccccc1N1CCOCC1)C1CC2CC2C1. The minimum atomic E-state index is 0.211. The van der Waals surface area contributed by atoms with Crippen LogP contribution in [0.1, 0.15) is 19.3 Å². The van der Waals surface area contributed by atoms with E-state index in [-0.39, 0.29) is 11.8 Å². The summed E-state index contributed by atoms with van der Waals surface area (Å²) in [6.07, 6.45) is 3.54. The van der Waals surface area contributed by atoms with Gasteiger partial charge in [0.25, 0.3) is 0 Å². The number of hydrogen-bond donors (Lipinski definition) is 1. The maximum Gasteiger partial charge on any atom is 0.227 e. The van der Waals surface area contributed by atoms with Crippen molar-refractivity contribution in [2.24, 2.45) is 17.8 Å². The van der Waals surface area contributed by atoms with Crippen LogP contribution in [0.2, 0.25) is 0 Å². The number of nitrogens with one attached hydrogen (secondary N) is 1. The van der Waals surface area contributed by atoms with E-state index in [1.807, 2.05) is 18.2 Å². The van der Waals surface area contributed by atoms with E-state index in [2.05, 4.69) is 16.3 Å². The van der Waals surface area contributed by atoms with Crippen molar-refractivity contribution in [3.63, 3.8) is 0 Å². The molecule has 1 heterocycles. The Morgan fingerprint density at radius 3 is 2.57 bits per heavy atom. The molecule has 1 N–H and O–H groups in total. The monoisotopic (exact) mass is 286 g/mol. The van der Waals surface area contributed by atoms with E-state index in [4.69, 9.17) is 4.74 Å². The fraction of sp³-hybridized carbons (Fsp3) is 0.588. The van der Waals surface area contributed by atoms with Crippen molar-refractivity contribution in [2.75, 3.05) is 36.5 Å². The van der Waals surface area contributed by atoms with Crippen molar-refractivity contribution in [3.8, 4) is 0 Å². The Balaban J connectivity index is 1.47. The summed E-state index contributed by atoms with van der Waals surface area (Å²) in [5, 5.41) is 3.17. The summed E-state index contributed by atoms with van der Waals surface area (Å²) in [5.41, 5.74) is 2.07. The van der Waals surface area contributed by atoms with E-state index in [0.717, 1.165) is 62.4 Å². The number of carbonyl (C=O) groups is 1. The van der Waals surface area contributed by atoms with Gasteiger partial charge in [-0.15, -0.1) is 0 Å². The second-order valence-corrected chi connectivity index (χ2v) is 6.53. The first-order chi connectivity index (χ1) is 10.3. The van der Waals surface area contributed by atoms with Crippen LogP contribution < -0.4 is 10.2 Å². The van der Waals surface area contributed by atoms with Crippen molar-refractivity contribution < 1.29 is 9.53 Å². The van der Waals surface area contributed by atoms with Gasteiger partial charge in [0.2, 0.25) is 5.91 Å². The second-order valence-electron chi connectivity index (χ2n) is 6.53. The van der Waals surface area contributed by atoms with Gasteiger partial charge in [0, 0.05) is 19.0 Å². The first kappa shape index (κ1) is 13.1. The van der Waals surface area contributed by atoms with Crippen LogP contribution in [0.15, 0.2) is 24.3 Å². The lowest BCUT2D eigenvalue weighted by atomic mass is 10.0. The van der Waals surface area contributed by atoms with Crippen molar-refractivity contribution >= 4 is 17.3 Å². The molecule has 4 heteroatoms. The molecule has 2 atom stereocenters. The van der Waals surface area contributed by atoms with Crippen LogP contribution in [0.3, 0.4) is 0 Å². The molecule has 3 aliphatic rings. The number of amides is 1. The average Bonchev–Trinajstić information content (AvgIpc) is 3.14. The molecule has 1 aromatic carbocycles. The molecule has 112 valence electrons. The molecule has 2 aliphatic carbocycles. The zero-order valence-electron chi connectivity index (χ0n) is 12.3. The third-order valence-electron chi connectivity index (χ3n) is 5.13. The molecule has 21 heavy (non-hydrogen) atoms. The molecule has 0 bridgehead atoms. The molecule has 4 rings (SSSR count). The number of morpholine rings is 1. The van der Waals surface area contributed by atoms with E-state index in [0.29, 0.717) is 0 Å². The lowest BCUT2D eigenvalue weighted by molar-refractivity contribution is -0.120. The third-order valence-corrected chi connectivity index (χ3v) is 5.13. The Morgan fingerprint density at radius 2 is 1.81 bits per heavy atom. The Morgan fingerprint density at radius 1 is 1.10 bits per heavy atom. The molecule has 1 aromatic rings.